The Balaban J connectivity index is 1.63. The summed E-state index contributed by atoms with van der Waals surface area (Å²) in [6.45, 7) is 13.1. The van der Waals surface area contributed by atoms with Crippen molar-refractivity contribution in [3.05, 3.63) is 21.5 Å². The molecule has 1 unspecified atom stereocenters. The van der Waals surface area contributed by atoms with Crippen LogP contribution in [0, 0.1) is 23.2 Å². The smallest absolute Gasteiger partial charge is 0.346 e. The first-order valence-electron chi connectivity index (χ1n) is 10.9. The van der Waals surface area contributed by atoms with Crippen molar-refractivity contribution < 1.29 is 14.0 Å². The Labute approximate surface area is 186 Å². The Bertz CT molecular complexity index is 680. The van der Waals surface area contributed by atoms with Crippen LogP contribution >= 0.6 is 22.6 Å². The molecule has 3 aliphatic rings. The van der Waals surface area contributed by atoms with Gasteiger partial charge in [0.25, 0.3) is 0 Å². The van der Waals surface area contributed by atoms with Crippen LogP contribution in [-0.4, -0.2) is 19.9 Å². The van der Waals surface area contributed by atoms with Crippen molar-refractivity contribution in [2.45, 2.75) is 91.0 Å². The molecule has 158 valence electrons. The van der Waals surface area contributed by atoms with Crippen molar-refractivity contribution in [3.63, 3.8) is 0 Å². The van der Waals surface area contributed by atoms with E-state index in [0.29, 0.717) is 11.3 Å². The Morgan fingerprint density at radius 2 is 2.07 bits per heavy atom. The number of fused-ring (bicyclic) bond motifs is 1. The topological polar surface area (TPSA) is 35.5 Å². The highest BCUT2D eigenvalue weighted by Crippen LogP contribution is 2.60. The molecule has 3 nitrogen and oxygen atoms in total. The molecule has 0 bridgehead atoms. The molecule has 5 heteroatoms. The minimum Gasteiger partial charge on any atom is -0.429 e. The van der Waals surface area contributed by atoms with E-state index in [2.05, 4.69) is 60.2 Å². The molecule has 2 aliphatic carbocycles. The predicted molar refractivity (Wildman–Crippen MR) is 126 cm³/mol. The Morgan fingerprint density at radius 3 is 2.71 bits per heavy atom. The summed E-state index contributed by atoms with van der Waals surface area (Å²) in [6.07, 6.45) is 10.5. The van der Waals surface area contributed by atoms with Crippen molar-refractivity contribution in [1.29, 1.82) is 0 Å². The Morgan fingerprint density at radius 1 is 1.36 bits per heavy atom. The minimum atomic E-state index is -1.82. The third kappa shape index (κ3) is 4.46. The van der Waals surface area contributed by atoms with E-state index in [-0.39, 0.29) is 5.97 Å². The largest absolute Gasteiger partial charge is 0.429 e. The van der Waals surface area contributed by atoms with Crippen molar-refractivity contribution in [3.8, 4) is 0 Å². The van der Waals surface area contributed by atoms with Crippen LogP contribution < -0.4 is 0 Å². The predicted octanol–water partition coefficient (Wildman–Crippen LogP) is 6.99. The zero-order valence-electron chi connectivity index (χ0n) is 18.4. The Hall–Kier alpha value is -0.143. The van der Waals surface area contributed by atoms with Crippen LogP contribution in [0.25, 0.3) is 0 Å². The van der Waals surface area contributed by atoms with Gasteiger partial charge in [-0.05, 0) is 98.4 Å². The van der Waals surface area contributed by atoms with E-state index >= 15 is 0 Å². The first-order valence-corrected chi connectivity index (χ1v) is 15.6. The summed E-state index contributed by atoms with van der Waals surface area (Å²) in [5.74, 6) is 2.77. The number of rotatable bonds is 6. The third-order valence-corrected chi connectivity index (χ3v) is 9.13. The summed E-state index contributed by atoms with van der Waals surface area (Å²) < 4.78 is 14.1. The first-order chi connectivity index (χ1) is 13.0. The van der Waals surface area contributed by atoms with Crippen LogP contribution in [-0.2, 0) is 14.0 Å². The van der Waals surface area contributed by atoms with E-state index in [9.17, 15) is 4.79 Å². The molecule has 1 aliphatic heterocycles. The molecule has 28 heavy (non-hydrogen) atoms. The van der Waals surface area contributed by atoms with Crippen LogP contribution in [0.15, 0.2) is 21.5 Å². The molecule has 5 atom stereocenters. The maximum atomic E-state index is 12.4. The first kappa shape index (κ1) is 22.5. The fraction of sp³-hybridized carbons (Fsp3) is 0.783. The lowest BCUT2D eigenvalue weighted by Crippen LogP contribution is -2.43. The van der Waals surface area contributed by atoms with Gasteiger partial charge in [-0.1, -0.05) is 42.0 Å². The highest BCUT2D eigenvalue weighted by atomic mass is 127. The summed E-state index contributed by atoms with van der Waals surface area (Å²) in [4.78, 5) is 12.4. The number of carbonyl (C=O) groups is 1. The zero-order valence-corrected chi connectivity index (χ0v) is 21.6. The average molecular weight is 517 g/mol. The van der Waals surface area contributed by atoms with E-state index < -0.39 is 13.9 Å². The molecule has 2 fully saturated rings. The van der Waals surface area contributed by atoms with Gasteiger partial charge in [0.1, 0.15) is 5.76 Å². The zero-order chi connectivity index (χ0) is 20.7. The van der Waals surface area contributed by atoms with Crippen LogP contribution in [0.4, 0.5) is 0 Å². The lowest BCUT2D eigenvalue weighted by molar-refractivity contribution is -0.149. The van der Waals surface area contributed by atoms with Crippen LogP contribution in [0.3, 0.4) is 0 Å². The monoisotopic (exact) mass is 516 g/mol. The number of allylic oxidation sites excluding steroid dienone is 2. The molecule has 0 aromatic heterocycles. The summed E-state index contributed by atoms with van der Waals surface area (Å²) in [5, 5.41) is 0. The summed E-state index contributed by atoms with van der Waals surface area (Å²) in [6, 6.07) is 0. The molecule has 0 spiro atoms. The summed E-state index contributed by atoms with van der Waals surface area (Å²) >= 11 is 2.44. The highest BCUT2D eigenvalue weighted by Gasteiger charge is 2.50. The number of ether oxygens (including phenoxy) is 1. The average Bonchev–Trinajstić information content (AvgIpc) is 3.07. The van der Waals surface area contributed by atoms with Gasteiger partial charge in [-0.2, -0.15) is 0 Å². The number of esters is 1. The number of hydrogen-bond donors (Lipinski definition) is 0. The number of cyclic esters (lactones) is 1. The van der Waals surface area contributed by atoms with E-state index in [1.165, 1.54) is 32.1 Å². The number of hydrogen-bond acceptors (Lipinski definition) is 3. The van der Waals surface area contributed by atoms with Gasteiger partial charge >= 0.3 is 5.97 Å². The van der Waals surface area contributed by atoms with Gasteiger partial charge in [-0.25, -0.2) is 4.79 Å². The molecular weight excluding hydrogens is 479 g/mol. The molecule has 0 aromatic carbocycles. The second kappa shape index (κ2) is 8.18. The normalized spacial score (nSPS) is 38.3. The fourth-order valence-corrected chi connectivity index (χ4v) is 8.32. The van der Waals surface area contributed by atoms with Crippen LogP contribution in [0.2, 0.25) is 19.6 Å². The number of halogens is 1. The van der Waals surface area contributed by atoms with Crippen LogP contribution in [0.1, 0.15) is 65.7 Å². The molecule has 0 N–H and O–H groups in total. The van der Waals surface area contributed by atoms with E-state index in [4.69, 9.17) is 9.16 Å². The Kier molecular flexibility index (Phi) is 6.58. The summed E-state index contributed by atoms with van der Waals surface area (Å²) in [7, 11) is -1.82. The van der Waals surface area contributed by atoms with Gasteiger partial charge in [0, 0.05) is 6.42 Å². The standard InChI is InChI=1S/C23H37IO3Si/c1-16(19-11-12-20-17(15-24)8-7-13-22(19,20)2)9-10-18-14-23(3,21(25)26-18)27-28(4,5)6/h14-16,19-20H,7-13H2,1-6H3/t16-,19-,20?,22+,23-/m1/s1. The quantitative estimate of drug-likeness (QED) is 0.217. The molecule has 0 amide bonds. The molecule has 0 radical (unpaired) electrons. The maximum Gasteiger partial charge on any atom is 0.346 e. The van der Waals surface area contributed by atoms with Gasteiger partial charge in [0.2, 0.25) is 0 Å². The van der Waals surface area contributed by atoms with Gasteiger partial charge in [0.15, 0.2) is 13.9 Å². The van der Waals surface area contributed by atoms with Crippen LogP contribution in [0.5, 0.6) is 0 Å². The number of carbonyl (C=O) groups excluding carboxylic acids is 1. The second-order valence-electron chi connectivity index (χ2n) is 10.6. The second-order valence-corrected chi connectivity index (χ2v) is 15.7. The van der Waals surface area contributed by atoms with Crippen molar-refractivity contribution in [1.82, 2.24) is 0 Å². The highest BCUT2D eigenvalue weighted by molar-refractivity contribution is 14.1. The van der Waals surface area contributed by atoms with Crippen molar-refractivity contribution >= 4 is 36.9 Å². The lowest BCUT2D eigenvalue weighted by Gasteiger charge is -2.44. The van der Waals surface area contributed by atoms with Gasteiger partial charge < -0.3 is 9.16 Å². The fourth-order valence-electron chi connectivity index (χ4n) is 6.16. The molecule has 0 aromatic rings. The van der Waals surface area contributed by atoms with Gasteiger partial charge in [-0.15, -0.1) is 0 Å². The van der Waals surface area contributed by atoms with E-state index in [0.717, 1.165) is 30.4 Å². The molecule has 3 rings (SSSR count). The maximum absolute atomic E-state index is 12.4. The SMILES string of the molecule is C[C@H](CCC1=C[C@@](C)(O[Si](C)(C)C)C(=O)O1)[C@H]1CCC2C(=CI)CCC[C@]21C. The molecule has 1 heterocycles. The molecule has 0 saturated heterocycles. The molecular formula is C23H37IO3Si. The van der Waals surface area contributed by atoms with Gasteiger partial charge in [0.05, 0.1) is 0 Å². The van der Waals surface area contributed by atoms with E-state index in [1.807, 2.05) is 13.0 Å². The summed E-state index contributed by atoms with van der Waals surface area (Å²) in [5.41, 5.74) is 1.25. The van der Waals surface area contributed by atoms with Crippen molar-refractivity contribution in [2.75, 3.05) is 0 Å². The minimum absolute atomic E-state index is 0.241. The third-order valence-electron chi connectivity index (χ3n) is 7.29. The lowest BCUT2D eigenvalue weighted by atomic mass is 9.61. The van der Waals surface area contributed by atoms with Gasteiger partial charge in [-0.3, -0.25) is 0 Å². The van der Waals surface area contributed by atoms with Crippen molar-refractivity contribution in [2.24, 2.45) is 23.2 Å². The van der Waals surface area contributed by atoms with E-state index in [1.54, 1.807) is 5.57 Å². The molecule has 2 saturated carbocycles.